The number of alkyl halides is 1. The number of anilines is 1. The van der Waals surface area contributed by atoms with E-state index in [1.165, 1.54) is 0 Å². The highest BCUT2D eigenvalue weighted by Crippen LogP contribution is 2.30. The molecule has 1 saturated heterocycles. The summed E-state index contributed by atoms with van der Waals surface area (Å²) in [6, 6.07) is 9.79. The Morgan fingerprint density at radius 1 is 1.29 bits per heavy atom. The Hall–Kier alpha value is -1.42. The largest absolute Gasteiger partial charge is 0.311 e. The molecule has 4 heteroatoms. The second-order valence-corrected chi connectivity index (χ2v) is 5.45. The molecule has 0 aliphatic carbocycles. The number of fused-ring (bicyclic) bond motifs is 1. The molecule has 1 amide bonds. The van der Waals surface area contributed by atoms with E-state index < -0.39 is 0 Å². The monoisotopic (exact) mass is 290 g/mol. The number of benzene rings is 1. The van der Waals surface area contributed by atoms with E-state index in [0.717, 1.165) is 23.1 Å². The minimum atomic E-state index is 0.170. The number of pyridine rings is 1. The van der Waals surface area contributed by atoms with Gasteiger partial charge in [0, 0.05) is 29.4 Å². The van der Waals surface area contributed by atoms with Crippen LogP contribution in [0, 0.1) is 0 Å². The molecule has 0 bridgehead atoms. The average Bonchev–Trinajstić information content (AvgIpc) is 2.68. The SMILES string of the molecule is O=C1CC(Br)CN1c1cccc2ncccc12. The first-order chi connectivity index (χ1) is 8.25. The molecule has 2 aromatic rings. The molecule has 0 saturated carbocycles. The van der Waals surface area contributed by atoms with Gasteiger partial charge in [0.1, 0.15) is 0 Å². The average molecular weight is 291 g/mol. The van der Waals surface area contributed by atoms with E-state index in [9.17, 15) is 4.79 Å². The van der Waals surface area contributed by atoms with Crippen molar-refractivity contribution < 1.29 is 4.79 Å². The molecule has 1 aromatic carbocycles. The Morgan fingerprint density at radius 2 is 2.18 bits per heavy atom. The van der Waals surface area contributed by atoms with Crippen LogP contribution in [0.1, 0.15) is 6.42 Å². The first kappa shape index (κ1) is 10.7. The van der Waals surface area contributed by atoms with Crippen LogP contribution in [0.2, 0.25) is 0 Å². The maximum atomic E-state index is 11.9. The van der Waals surface area contributed by atoms with Gasteiger partial charge >= 0.3 is 0 Å². The van der Waals surface area contributed by atoms with Gasteiger partial charge in [0.15, 0.2) is 0 Å². The fraction of sp³-hybridized carbons (Fsp3) is 0.231. The van der Waals surface area contributed by atoms with Crippen molar-refractivity contribution >= 4 is 38.4 Å². The van der Waals surface area contributed by atoms with Crippen molar-refractivity contribution in [3.63, 3.8) is 0 Å². The zero-order valence-corrected chi connectivity index (χ0v) is 10.7. The Kier molecular flexibility index (Phi) is 2.59. The van der Waals surface area contributed by atoms with Gasteiger partial charge in [-0.15, -0.1) is 0 Å². The molecule has 1 aliphatic heterocycles. The standard InChI is InChI=1S/C13H11BrN2O/c14-9-7-13(17)16(8-9)12-5-1-4-11-10(12)3-2-6-15-11/h1-6,9H,7-8H2. The zero-order valence-electron chi connectivity index (χ0n) is 9.14. The third-order valence-electron chi connectivity index (χ3n) is 2.99. The van der Waals surface area contributed by atoms with Crippen LogP contribution >= 0.6 is 15.9 Å². The molecule has 1 fully saturated rings. The van der Waals surface area contributed by atoms with Crippen LogP contribution in [0.4, 0.5) is 5.69 Å². The number of hydrogen-bond donors (Lipinski definition) is 0. The van der Waals surface area contributed by atoms with E-state index in [1.807, 2.05) is 35.2 Å². The van der Waals surface area contributed by atoms with Crippen LogP contribution in [0.15, 0.2) is 36.5 Å². The van der Waals surface area contributed by atoms with Crippen molar-refractivity contribution in [1.82, 2.24) is 4.98 Å². The highest BCUT2D eigenvalue weighted by atomic mass is 79.9. The van der Waals surface area contributed by atoms with Gasteiger partial charge in [0.25, 0.3) is 0 Å². The fourth-order valence-corrected chi connectivity index (χ4v) is 2.79. The summed E-state index contributed by atoms with van der Waals surface area (Å²) in [6.45, 7) is 0.729. The van der Waals surface area contributed by atoms with E-state index >= 15 is 0 Å². The highest BCUT2D eigenvalue weighted by Gasteiger charge is 2.29. The van der Waals surface area contributed by atoms with Gasteiger partial charge in [-0.05, 0) is 24.3 Å². The number of hydrogen-bond acceptors (Lipinski definition) is 2. The molecule has 1 aromatic heterocycles. The summed E-state index contributed by atoms with van der Waals surface area (Å²) < 4.78 is 0. The third-order valence-corrected chi connectivity index (χ3v) is 3.60. The van der Waals surface area contributed by atoms with Crippen LogP contribution < -0.4 is 4.90 Å². The first-order valence-electron chi connectivity index (χ1n) is 5.54. The predicted octanol–water partition coefficient (Wildman–Crippen LogP) is 2.74. The van der Waals surface area contributed by atoms with Crippen LogP contribution in [0.3, 0.4) is 0 Å². The Balaban J connectivity index is 2.14. The minimum absolute atomic E-state index is 0.170. The molecule has 0 N–H and O–H groups in total. The Bertz CT molecular complexity index is 579. The maximum absolute atomic E-state index is 11.9. The number of carbonyl (C=O) groups is 1. The molecule has 17 heavy (non-hydrogen) atoms. The summed E-state index contributed by atoms with van der Waals surface area (Å²) in [5.41, 5.74) is 1.89. The second kappa shape index (κ2) is 4.11. The molecular formula is C13H11BrN2O. The van der Waals surface area contributed by atoms with E-state index in [0.29, 0.717) is 6.42 Å². The van der Waals surface area contributed by atoms with Gasteiger partial charge in [-0.1, -0.05) is 22.0 Å². The van der Waals surface area contributed by atoms with E-state index in [1.54, 1.807) is 6.20 Å². The summed E-state index contributed by atoms with van der Waals surface area (Å²) in [6.07, 6.45) is 2.34. The van der Waals surface area contributed by atoms with Gasteiger partial charge < -0.3 is 4.90 Å². The van der Waals surface area contributed by atoms with E-state index in [-0.39, 0.29) is 10.7 Å². The Labute approximate surface area is 108 Å². The molecule has 1 atom stereocenters. The maximum Gasteiger partial charge on any atom is 0.228 e. The molecule has 2 heterocycles. The highest BCUT2D eigenvalue weighted by molar-refractivity contribution is 9.09. The van der Waals surface area contributed by atoms with Gasteiger partial charge in [-0.25, -0.2) is 0 Å². The number of halogens is 1. The normalized spacial score (nSPS) is 20.2. The van der Waals surface area contributed by atoms with Crippen LogP contribution in [-0.2, 0) is 4.79 Å². The number of aromatic nitrogens is 1. The lowest BCUT2D eigenvalue weighted by atomic mass is 10.1. The molecule has 1 unspecified atom stereocenters. The number of nitrogens with zero attached hydrogens (tertiary/aromatic N) is 2. The smallest absolute Gasteiger partial charge is 0.228 e. The van der Waals surface area contributed by atoms with Crippen molar-refractivity contribution in [3.8, 4) is 0 Å². The third kappa shape index (κ3) is 1.82. The summed E-state index contributed by atoms with van der Waals surface area (Å²) >= 11 is 3.50. The van der Waals surface area contributed by atoms with E-state index in [2.05, 4.69) is 20.9 Å². The van der Waals surface area contributed by atoms with Gasteiger partial charge in [-0.3, -0.25) is 9.78 Å². The van der Waals surface area contributed by atoms with Crippen LogP contribution in [0.25, 0.3) is 10.9 Å². The first-order valence-corrected chi connectivity index (χ1v) is 6.45. The molecule has 0 spiro atoms. The number of rotatable bonds is 1. The quantitative estimate of drug-likeness (QED) is 0.757. The number of carbonyl (C=O) groups excluding carboxylic acids is 1. The summed E-state index contributed by atoms with van der Waals surface area (Å²) in [5, 5.41) is 1.03. The lowest BCUT2D eigenvalue weighted by molar-refractivity contribution is -0.117. The van der Waals surface area contributed by atoms with Crippen LogP contribution in [-0.4, -0.2) is 22.3 Å². The summed E-state index contributed by atoms with van der Waals surface area (Å²) in [4.78, 5) is 18.3. The van der Waals surface area contributed by atoms with Crippen molar-refractivity contribution in [1.29, 1.82) is 0 Å². The molecule has 3 rings (SSSR count). The second-order valence-electron chi connectivity index (χ2n) is 4.15. The Morgan fingerprint density at radius 3 is 2.94 bits per heavy atom. The van der Waals surface area contributed by atoms with Crippen molar-refractivity contribution in [3.05, 3.63) is 36.5 Å². The van der Waals surface area contributed by atoms with Crippen molar-refractivity contribution in [2.45, 2.75) is 11.2 Å². The van der Waals surface area contributed by atoms with Crippen LogP contribution in [0.5, 0.6) is 0 Å². The van der Waals surface area contributed by atoms with Crippen molar-refractivity contribution in [2.75, 3.05) is 11.4 Å². The van der Waals surface area contributed by atoms with Gasteiger partial charge in [0.05, 0.1) is 11.2 Å². The topological polar surface area (TPSA) is 33.2 Å². The molecular weight excluding hydrogens is 280 g/mol. The minimum Gasteiger partial charge on any atom is -0.311 e. The fourth-order valence-electron chi connectivity index (χ4n) is 2.22. The predicted molar refractivity (Wildman–Crippen MR) is 71.4 cm³/mol. The molecule has 1 aliphatic rings. The molecule has 3 nitrogen and oxygen atoms in total. The molecule has 0 radical (unpaired) electrons. The lowest BCUT2D eigenvalue weighted by Gasteiger charge is -2.17. The van der Waals surface area contributed by atoms with Gasteiger partial charge in [-0.2, -0.15) is 0 Å². The van der Waals surface area contributed by atoms with Gasteiger partial charge in [0.2, 0.25) is 5.91 Å². The zero-order chi connectivity index (χ0) is 11.8. The summed E-state index contributed by atoms with van der Waals surface area (Å²) in [5.74, 6) is 0.170. The molecule has 86 valence electrons. The number of amides is 1. The van der Waals surface area contributed by atoms with Crippen molar-refractivity contribution in [2.24, 2.45) is 0 Å². The lowest BCUT2D eigenvalue weighted by Crippen LogP contribution is -2.24. The van der Waals surface area contributed by atoms with E-state index in [4.69, 9.17) is 0 Å². The summed E-state index contributed by atoms with van der Waals surface area (Å²) in [7, 11) is 0.